The lowest BCUT2D eigenvalue weighted by molar-refractivity contribution is -0.128. The van der Waals surface area contributed by atoms with Crippen LogP contribution in [0.5, 0.6) is 0 Å². The summed E-state index contributed by atoms with van der Waals surface area (Å²) in [6, 6.07) is 9.22. The average molecular weight is 415 g/mol. The third-order valence-corrected chi connectivity index (χ3v) is 5.97. The Labute approximate surface area is 179 Å². The fourth-order valence-corrected chi connectivity index (χ4v) is 4.29. The first-order chi connectivity index (χ1) is 14.6. The molecule has 1 aromatic carbocycles. The molecule has 164 valence electrons. The van der Waals surface area contributed by atoms with Crippen molar-refractivity contribution in [2.75, 3.05) is 26.2 Å². The first-order valence-corrected chi connectivity index (χ1v) is 11.3. The molecule has 0 aliphatic carbocycles. The highest BCUT2D eigenvalue weighted by atomic mass is 16.2. The van der Waals surface area contributed by atoms with Gasteiger partial charge in [-0.2, -0.15) is 0 Å². The monoisotopic (exact) mass is 414 g/mol. The summed E-state index contributed by atoms with van der Waals surface area (Å²) in [6.07, 6.45) is 5.66. The van der Waals surface area contributed by atoms with Gasteiger partial charge in [-0.05, 0) is 37.7 Å². The van der Waals surface area contributed by atoms with Gasteiger partial charge in [0, 0.05) is 32.6 Å². The minimum atomic E-state index is -0.507. The van der Waals surface area contributed by atoms with Crippen molar-refractivity contribution in [3.63, 3.8) is 0 Å². The van der Waals surface area contributed by atoms with Crippen LogP contribution in [0.4, 0.5) is 4.79 Å². The van der Waals surface area contributed by atoms with Gasteiger partial charge in [0.1, 0.15) is 6.04 Å². The summed E-state index contributed by atoms with van der Waals surface area (Å²) in [4.78, 5) is 41.0. The number of hydrogen-bond acceptors (Lipinski definition) is 3. The molecule has 2 saturated heterocycles. The molecule has 0 aromatic heterocycles. The number of likely N-dealkylation sites (tertiary alicyclic amines) is 1. The lowest BCUT2D eigenvalue weighted by atomic mass is 9.99. The number of nitrogens with zero attached hydrogens (tertiary/aromatic N) is 2. The summed E-state index contributed by atoms with van der Waals surface area (Å²) >= 11 is 0. The van der Waals surface area contributed by atoms with Gasteiger partial charge in [0.2, 0.25) is 11.8 Å². The SMILES string of the molecule is CCCCNC(=O)C1C(CCc2ccccc2)NC(=O)N1CCCN1CCCC1=O. The first-order valence-electron chi connectivity index (χ1n) is 11.3. The normalized spacial score (nSPS) is 21.2. The van der Waals surface area contributed by atoms with Crippen LogP contribution in [0.1, 0.15) is 51.0 Å². The van der Waals surface area contributed by atoms with Gasteiger partial charge in [0.05, 0.1) is 6.04 Å². The summed E-state index contributed by atoms with van der Waals surface area (Å²) in [6.45, 7) is 4.62. The molecule has 2 fully saturated rings. The summed E-state index contributed by atoms with van der Waals surface area (Å²) in [5, 5.41) is 6.03. The van der Waals surface area contributed by atoms with Crippen molar-refractivity contribution in [3.8, 4) is 0 Å². The summed E-state index contributed by atoms with van der Waals surface area (Å²) in [7, 11) is 0. The second-order valence-corrected chi connectivity index (χ2v) is 8.20. The number of rotatable bonds is 11. The topological polar surface area (TPSA) is 81.8 Å². The molecule has 1 aromatic rings. The van der Waals surface area contributed by atoms with Crippen molar-refractivity contribution in [1.82, 2.24) is 20.4 Å². The van der Waals surface area contributed by atoms with Crippen LogP contribution in [0.15, 0.2) is 30.3 Å². The van der Waals surface area contributed by atoms with Gasteiger partial charge < -0.3 is 20.4 Å². The Balaban J connectivity index is 1.61. The molecule has 2 atom stereocenters. The van der Waals surface area contributed by atoms with E-state index in [2.05, 4.69) is 29.7 Å². The predicted octanol–water partition coefficient (Wildman–Crippen LogP) is 2.31. The van der Waals surface area contributed by atoms with E-state index in [0.717, 1.165) is 32.2 Å². The summed E-state index contributed by atoms with van der Waals surface area (Å²) < 4.78 is 0. The molecular weight excluding hydrogens is 380 g/mol. The molecule has 2 unspecified atom stereocenters. The smallest absolute Gasteiger partial charge is 0.318 e. The van der Waals surface area contributed by atoms with Crippen molar-refractivity contribution in [2.24, 2.45) is 0 Å². The zero-order chi connectivity index (χ0) is 21.3. The highest BCUT2D eigenvalue weighted by molar-refractivity contribution is 5.91. The number of amides is 4. The Morgan fingerprint density at radius 3 is 2.67 bits per heavy atom. The van der Waals surface area contributed by atoms with Gasteiger partial charge in [-0.3, -0.25) is 9.59 Å². The van der Waals surface area contributed by atoms with Crippen LogP contribution in [0.3, 0.4) is 0 Å². The molecule has 2 N–H and O–H groups in total. The predicted molar refractivity (Wildman–Crippen MR) is 116 cm³/mol. The molecule has 0 spiro atoms. The Morgan fingerprint density at radius 2 is 1.97 bits per heavy atom. The Kier molecular flexibility index (Phi) is 8.11. The van der Waals surface area contributed by atoms with E-state index in [-0.39, 0.29) is 23.9 Å². The summed E-state index contributed by atoms with van der Waals surface area (Å²) in [5.41, 5.74) is 1.20. The second kappa shape index (κ2) is 11.0. The van der Waals surface area contributed by atoms with Gasteiger partial charge in [-0.1, -0.05) is 43.7 Å². The number of hydrogen-bond donors (Lipinski definition) is 2. The van der Waals surface area contributed by atoms with E-state index in [4.69, 9.17) is 0 Å². The van der Waals surface area contributed by atoms with Gasteiger partial charge in [-0.25, -0.2) is 4.79 Å². The van der Waals surface area contributed by atoms with Gasteiger partial charge in [0.25, 0.3) is 0 Å². The molecule has 2 aliphatic heterocycles. The van der Waals surface area contributed by atoms with Crippen LogP contribution < -0.4 is 10.6 Å². The molecule has 4 amide bonds. The quantitative estimate of drug-likeness (QED) is 0.545. The molecule has 0 bridgehead atoms. The number of carbonyl (C=O) groups excluding carboxylic acids is 3. The molecule has 7 heteroatoms. The average Bonchev–Trinajstić information content (AvgIpc) is 3.30. The third-order valence-electron chi connectivity index (χ3n) is 5.97. The number of carbonyl (C=O) groups is 3. The largest absolute Gasteiger partial charge is 0.354 e. The molecule has 2 heterocycles. The number of aryl methyl sites for hydroxylation is 1. The Hall–Kier alpha value is -2.57. The third kappa shape index (κ3) is 5.74. The van der Waals surface area contributed by atoms with Crippen molar-refractivity contribution in [3.05, 3.63) is 35.9 Å². The Bertz CT molecular complexity index is 724. The lowest BCUT2D eigenvalue weighted by Crippen LogP contribution is -2.50. The zero-order valence-corrected chi connectivity index (χ0v) is 17.9. The molecule has 30 heavy (non-hydrogen) atoms. The van der Waals surface area contributed by atoms with Crippen LogP contribution >= 0.6 is 0 Å². The standard InChI is InChI=1S/C23H34N4O3/c1-2-3-14-24-22(29)21-19(13-12-18-9-5-4-6-10-18)25-23(30)27(21)17-8-16-26-15-7-11-20(26)28/h4-6,9-10,19,21H,2-3,7-8,11-17H2,1H3,(H,24,29)(H,25,30). The minimum absolute atomic E-state index is 0.0860. The molecule has 3 rings (SSSR count). The van der Waals surface area contributed by atoms with E-state index >= 15 is 0 Å². The van der Waals surface area contributed by atoms with Gasteiger partial charge in [0.15, 0.2) is 0 Å². The molecular formula is C23H34N4O3. The van der Waals surface area contributed by atoms with Gasteiger partial charge in [-0.15, -0.1) is 0 Å². The molecule has 0 radical (unpaired) electrons. The van der Waals surface area contributed by atoms with Crippen molar-refractivity contribution >= 4 is 17.8 Å². The highest BCUT2D eigenvalue weighted by Gasteiger charge is 2.43. The van der Waals surface area contributed by atoms with Crippen molar-refractivity contribution in [1.29, 1.82) is 0 Å². The van der Waals surface area contributed by atoms with E-state index in [1.54, 1.807) is 4.90 Å². The maximum Gasteiger partial charge on any atom is 0.318 e. The van der Waals surface area contributed by atoms with Crippen LogP contribution in [-0.4, -0.2) is 65.9 Å². The minimum Gasteiger partial charge on any atom is -0.354 e. The maximum atomic E-state index is 13.0. The number of benzene rings is 1. The van der Waals surface area contributed by atoms with Crippen molar-refractivity contribution in [2.45, 2.75) is 64.0 Å². The molecule has 7 nitrogen and oxygen atoms in total. The number of unbranched alkanes of at least 4 members (excludes halogenated alkanes) is 1. The second-order valence-electron chi connectivity index (χ2n) is 8.20. The van der Waals surface area contributed by atoms with Crippen LogP contribution in [-0.2, 0) is 16.0 Å². The fourth-order valence-electron chi connectivity index (χ4n) is 4.29. The Morgan fingerprint density at radius 1 is 1.17 bits per heavy atom. The number of nitrogens with one attached hydrogen (secondary N) is 2. The van der Waals surface area contributed by atoms with Gasteiger partial charge >= 0.3 is 6.03 Å². The van der Waals surface area contributed by atoms with E-state index in [9.17, 15) is 14.4 Å². The molecule has 2 aliphatic rings. The number of urea groups is 1. The lowest BCUT2D eigenvalue weighted by Gasteiger charge is -2.26. The molecule has 0 saturated carbocycles. The van der Waals surface area contributed by atoms with Crippen LogP contribution in [0, 0.1) is 0 Å². The van der Waals surface area contributed by atoms with Crippen LogP contribution in [0.2, 0.25) is 0 Å². The van der Waals surface area contributed by atoms with Crippen LogP contribution in [0.25, 0.3) is 0 Å². The fraction of sp³-hybridized carbons (Fsp3) is 0.609. The van der Waals surface area contributed by atoms with E-state index in [1.165, 1.54) is 5.56 Å². The van der Waals surface area contributed by atoms with E-state index in [0.29, 0.717) is 38.9 Å². The first kappa shape index (κ1) is 22.1. The van der Waals surface area contributed by atoms with E-state index < -0.39 is 6.04 Å². The maximum absolute atomic E-state index is 13.0. The zero-order valence-electron chi connectivity index (χ0n) is 17.9. The van der Waals surface area contributed by atoms with Crippen molar-refractivity contribution < 1.29 is 14.4 Å². The summed E-state index contributed by atoms with van der Waals surface area (Å²) in [5.74, 6) is 0.104. The van der Waals surface area contributed by atoms with E-state index in [1.807, 2.05) is 23.1 Å². The highest BCUT2D eigenvalue weighted by Crippen LogP contribution is 2.20.